The second kappa shape index (κ2) is 7.45. The Kier molecular flexibility index (Phi) is 5.61. The number of halogens is 1. The molecular formula is C17H18INO2. The summed E-state index contributed by atoms with van der Waals surface area (Å²) in [5.74, 6) is -0.0961. The SMILES string of the molecule is CCCCc1ccc(NC(=O)c2ccc(I)c(O)c2)cc1. The van der Waals surface area contributed by atoms with Crippen LogP contribution in [-0.4, -0.2) is 11.0 Å². The second-order valence-electron chi connectivity index (χ2n) is 4.92. The fourth-order valence-electron chi connectivity index (χ4n) is 1.99. The van der Waals surface area contributed by atoms with Gasteiger partial charge in [-0.1, -0.05) is 25.5 Å². The van der Waals surface area contributed by atoms with Crippen molar-refractivity contribution in [1.29, 1.82) is 0 Å². The molecular weight excluding hydrogens is 377 g/mol. The molecule has 0 aliphatic rings. The van der Waals surface area contributed by atoms with Gasteiger partial charge in [-0.05, 0) is 71.3 Å². The lowest BCUT2D eigenvalue weighted by atomic mass is 10.1. The van der Waals surface area contributed by atoms with Crippen LogP contribution in [-0.2, 0) is 6.42 Å². The summed E-state index contributed by atoms with van der Waals surface area (Å²) >= 11 is 2.02. The van der Waals surface area contributed by atoms with Crippen molar-refractivity contribution < 1.29 is 9.90 Å². The summed E-state index contributed by atoms with van der Waals surface area (Å²) in [6.45, 7) is 2.17. The van der Waals surface area contributed by atoms with Crippen LogP contribution in [0.25, 0.3) is 0 Å². The number of hydrogen-bond acceptors (Lipinski definition) is 2. The molecule has 3 nitrogen and oxygen atoms in total. The van der Waals surface area contributed by atoms with E-state index in [0.717, 1.165) is 15.7 Å². The van der Waals surface area contributed by atoms with Crippen LogP contribution in [0.4, 0.5) is 5.69 Å². The highest BCUT2D eigenvalue weighted by atomic mass is 127. The maximum Gasteiger partial charge on any atom is 0.255 e. The lowest BCUT2D eigenvalue weighted by Gasteiger charge is -2.07. The summed E-state index contributed by atoms with van der Waals surface area (Å²) in [6, 6.07) is 12.8. The molecule has 2 aromatic rings. The summed E-state index contributed by atoms with van der Waals surface area (Å²) in [6.07, 6.45) is 3.41. The van der Waals surface area contributed by atoms with Gasteiger partial charge in [0.05, 0.1) is 3.57 Å². The van der Waals surface area contributed by atoms with E-state index in [-0.39, 0.29) is 11.7 Å². The van der Waals surface area contributed by atoms with E-state index in [4.69, 9.17) is 0 Å². The van der Waals surface area contributed by atoms with E-state index in [1.807, 2.05) is 46.9 Å². The standard InChI is InChI=1S/C17H18INO2/c1-2-3-4-12-5-8-14(9-6-12)19-17(21)13-7-10-15(18)16(20)11-13/h5-11,20H,2-4H2,1H3,(H,19,21). The number of nitrogens with one attached hydrogen (secondary N) is 1. The third-order valence-corrected chi connectivity index (χ3v) is 4.15. The van der Waals surface area contributed by atoms with Crippen molar-refractivity contribution in [2.75, 3.05) is 5.32 Å². The van der Waals surface area contributed by atoms with Crippen LogP contribution in [0.5, 0.6) is 5.75 Å². The minimum absolute atomic E-state index is 0.123. The highest BCUT2D eigenvalue weighted by molar-refractivity contribution is 14.1. The molecule has 0 fully saturated rings. The van der Waals surface area contributed by atoms with E-state index in [1.54, 1.807) is 12.1 Å². The monoisotopic (exact) mass is 395 g/mol. The van der Waals surface area contributed by atoms with Gasteiger partial charge in [0.15, 0.2) is 0 Å². The van der Waals surface area contributed by atoms with Gasteiger partial charge in [0.1, 0.15) is 5.75 Å². The summed E-state index contributed by atoms with van der Waals surface area (Å²) in [5, 5.41) is 12.5. The molecule has 110 valence electrons. The van der Waals surface area contributed by atoms with Gasteiger partial charge in [0, 0.05) is 11.3 Å². The zero-order chi connectivity index (χ0) is 15.2. The maximum absolute atomic E-state index is 12.1. The summed E-state index contributed by atoms with van der Waals surface area (Å²) in [7, 11) is 0. The summed E-state index contributed by atoms with van der Waals surface area (Å²) in [5.41, 5.74) is 2.49. The van der Waals surface area contributed by atoms with E-state index >= 15 is 0 Å². The number of aromatic hydroxyl groups is 1. The molecule has 0 saturated carbocycles. The molecule has 2 N–H and O–H groups in total. The Morgan fingerprint density at radius 2 is 1.90 bits per heavy atom. The van der Waals surface area contributed by atoms with E-state index in [0.29, 0.717) is 5.56 Å². The average Bonchev–Trinajstić information content (AvgIpc) is 2.49. The molecule has 4 heteroatoms. The zero-order valence-electron chi connectivity index (χ0n) is 11.9. The number of unbranched alkanes of at least 4 members (excludes halogenated alkanes) is 1. The Hall–Kier alpha value is -1.56. The third kappa shape index (κ3) is 4.46. The van der Waals surface area contributed by atoms with Crippen LogP contribution in [0, 0.1) is 3.57 Å². The van der Waals surface area contributed by atoms with Crippen LogP contribution in [0.1, 0.15) is 35.7 Å². The van der Waals surface area contributed by atoms with Crippen molar-refractivity contribution in [3.8, 4) is 5.75 Å². The second-order valence-corrected chi connectivity index (χ2v) is 6.08. The summed E-state index contributed by atoms with van der Waals surface area (Å²) < 4.78 is 0.726. The van der Waals surface area contributed by atoms with Crippen LogP contribution in [0.2, 0.25) is 0 Å². The molecule has 1 amide bonds. The van der Waals surface area contributed by atoms with Gasteiger partial charge >= 0.3 is 0 Å². The van der Waals surface area contributed by atoms with Crippen LogP contribution in [0.3, 0.4) is 0 Å². The number of amides is 1. The Labute approximate surface area is 138 Å². The molecule has 0 heterocycles. The smallest absolute Gasteiger partial charge is 0.255 e. The van der Waals surface area contributed by atoms with Gasteiger partial charge < -0.3 is 10.4 Å². The first kappa shape index (κ1) is 15.8. The molecule has 21 heavy (non-hydrogen) atoms. The molecule has 0 saturated heterocycles. The van der Waals surface area contributed by atoms with Gasteiger partial charge in [-0.3, -0.25) is 4.79 Å². The number of phenols is 1. The molecule has 0 atom stereocenters. The Morgan fingerprint density at radius 3 is 2.52 bits per heavy atom. The van der Waals surface area contributed by atoms with Crippen molar-refractivity contribution in [3.05, 3.63) is 57.2 Å². The quantitative estimate of drug-likeness (QED) is 0.728. The first-order chi connectivity index (χ1) is 10.1. The van der Waals surface area contributed by atoms with Crippen molar-refractivity contribution in [1.82, 2.24) is 0 Å². The lowest BCUT2D eigenvalue weighted by molar-refractivity contribution is 0.102. The molecule has 0 bridgehead atoms. The van der Waals surface area contributed by atoms with Crippen molar-refractivity contribution in [3.63, 3.8) is 0 Å². The molecule has 0 aliphatic heterocycles. The number of anilines is 1. The normalized spacial score (nSPS) is 10.4. The molecule has 2 rings (SSSR count). The van der Waals surface area contributed by atoms with Crippen LogP contribution in [0.15, 0.2) is 42.5 Å². The number of phenolic OH excluding ortho intramolecular Hbond substituents is 1. The predicted octanol–water partition coefficient (Wildman–Crippen LogP) is 4.59. The minimum atomic E-state index is -0.219. The van der Waals surface area contributed by atoms with Gasteiger partial charge in [-0.25, -0.2) is 0 Å². The van der Waals surface area contributed by atoms with Crippen molar-refractivity contribution >= 4 is 34.2 Å². The Morgan fingerprint density at radius 1 is 1.19 bits per heavy atom. The molecule has 0 aromatic heterocycles. The Bertz CT molecular complexity index is 623. The first-order valence-electron chi connectivity index (χ1n) is 6.99. The molecule has 0 unspecified atom stereocenters. The zero-order valence-corrected chi connectivity index (χ0v) is 14.1. The number of carbonyl (C=O) groups is 1. The maximum atomic E-state index is 12.1. The molecule has 0 radical (unpaired) electrons. The van der Waals surface area contributed by atoms with Gasteiger partial charge in [-0.2, -0.15) is 0 Å². The van der Waals surface area contributed by atoms with Crippen molar-refractivity contribution in [2.45, 2.75) is 26.2 Å². The molecule has 0 aliphatic carbocycles. The van der Waals surface area contributed by atoms with E-state index in [2.05, 4.69) is 12.2 Å². The van der Waals surface area contributed by atoms with E-state index in [9.17, 15) is 9.90 Å². The van der Waals surface area contributed by atoms with E-state index < -0.39 is 0 Å². The highest BCUT2D eigenvalue weighted by Crippen LogP contribution is 2.21. The predicted molar refractivity (Wildman–Crippen MR) is 93.8 cm³/mol. The molecule has 0 spiro atoms. The fourth-order valence-corrected chi connectivity index (χ4v) is 2.33. The number of rotatable bonds is 5. The molecule has 2 aromatic carbocycles. The number of benzene rings is 2. The topological polar surface area (TPSA) is 49.3 Å². The minimum Gasteiger partial charge on any atom is -0.507 e. The fraction of sp³-hybridized carbons (Fsp3) is 0.235. The van der Waals surface area contributed by atoms with E-state index in [1.165, 1.54) is 24.5 Å². The van der Waals surface area contributed by atoms with Crippen LogP contribution >= 0.6 is 22.6 Å². The third-order valence-electron chi connectivity index (χ3n) is 3.24. The van der Waals surface area contributed by atoms with Gasteiger partial charge in [0.25, 0.3) is 5.91 Å². The first-order valence-corrected chi connectivity index (χ1v) is 8.07. The summed E-state index contributed by atoms with van der Waals surface area (Å²) in [4.78, 5) is 12.1. The highest BCUT2D eigenvalue weighted by Gasteiger charge is 2.08. The largest absolute Gasteiger partial charge is 0.507 e. The average molecular weight is 395 g/mol. The van der Waals surface area contributed by atoms with Crippen molar-refractivity contribution in [2.24, 2.45) is 0 Å². The van der Waals surface area contributed by atoms with Crippen LogP contribution < -0.4 is 5.32 Å². The van der Waals surface area contributed by atoms with Gasteiger partial charge in [0.2, 0.25) is 0 Å². The van der Waals surface area contributed by atoms with Gasteiger partial charge in [-0.15, -0.1) is 0 Å². The number of carbonyl (C=O) groups excluding carboxylic acids is 1. The number of hydrogen-bond donors (Lipinski definition) is 2. The Balaban J connectivity index is 2.03. The lowest BCUT2D eigenvalue weighted by Crippen LogP contribution is -2.11. The number of aryl methyl sites for hydroxylation is 1.